The van der Waals surface area contributed by atoms with E-state index in [2.05, 4.69) is 27.7 Å². The van der Waals surface area contributed by atoms with Crippen LogP contribution in [0.2, 0.25) is 0 Å². The fourth-order valence-corrected chi connectivity index (χ4v) is 19.9. The predicted octanol–water partition coefficient (Wildman–Crippen LogP) is 5.93. The lowest BCUT2D eigenvalue weighted by Gasteiger charge is -2.70. The number of ketones is 1. The van der Waals surface area contributed by atoms with Crippen LogP contribution in [0.25, 0.3) is 0 Å². The molecule has 4 spiro atoms. The number of phenolic OH excluding ortho intramolecular Hbond substituents is 1. The van der Waals surface area contributed by atoms with E-state index in [1.165, 1.54) is 21.6 Å². The van der Waals surface area contributed by atoms with Crippen LogP contribution in [0.4, 0.5) is 5.69 Å². The van der Waals surface area contributed by atoms with E-state index >= 15 is 9.59 Å². The summed E-state index contributed by atoms with van der Waals surface area (Å²) in [5.74, 6) is -0.553. The monoisotopic (exact) mass is 895 g/mol. The number of amides is 1. The lowest BCUT2D eigenvalue weighted by molar-refractivity contribution is -0.228. The van der Waals surface area contributed by atoms with Crippen molar-refractivity contribution in [1.82, 2.24) is 0 Å². The maximum atomic E-state index is 15.5. The van der Waals surface area contributed by atoms with Gasteiger partial charge in [0, 0.05) is 41.5 Å². The smallest absolute Gasteiger partial charge is 0.233 e. The summed E-state index contributed by atoms with van der Waals surface area (Å²) in [6, 6.07) is 5.37. The first kappa shape index (κ1) is 44.2. The van der Waals surface area contributed by atoms with Gasteiger partial charge in [0.2, 0.25) is 5.91 Å². The van der Waals surface area contributed by atoms with Crippen LogP contribution >= 0.6 is 21.6 Å². The number of ether oxygens (including phenoxy) is 1. The zero-order valence-corrected chi connectivity index (χ0v) is 38.7. The Bertz CT molecular complexity index is 2050. The van der Waals surface area contributed by atoms with E-state index in [4.69, 9.17) is 4.74 Å². The summed E-state index contributed by atoms with van der Waals surface area (Å²) in [7, 11) is 2.68. The summed E-state index contributed by atoms with van der Waals surface area (Å²) in [4.78, 5) is 32.3. The molecule has 2 saturated heterocycles. The van der Waals surface area contributed by atoms with Gasteiger partial charge in [-0.15, -0.1) is 0 Å². The number of epoxide rings is 1. The highest BCUT2D eigenvalue weighted by molar-refractivity contribution is 8.76. The molecule has 5 saturated carbocycles. The molecule has 12 rings (SSSR count). The van der Waals surface area contributed by atoms with E-state index in [9.17, 15) is 35.7 Å². The van der Waals surface area contributed by atoms with Gasteiger partial charge in [0.25, 0.3) is 0 Å². The van der Waals surface area contributed by atoms with E-state index < -0.39 is 73.9 Å². The summed E-state index contributed by atoms with van der Waals surface area (Å²) < 4.78 is 6.38. The second-order valence-electron chi connectivity index (χ2n) is 22.4. The molecule has 6 aliphatic carbocycles. The minimum atomic E-state index is -1.53. The maximum Gasteiger partial charge on any atom is 0.233 e. The normalized spacial score (nSPS) is 48.7. The van der Waals surface area contributed by atoms with Crippen molar-refractivity contribution in [3.05, 3.63) is 35.4 Å². The Kier molecular flexibility index (Phi) is 10.4. The second kappa shape index (κ2) is 14.7. The number of phenols is 1. The minimum Gasteiger partial charge on any atom is -0.508 e. The molecule has 0 unspecified atom stereocenters. The number of anilines is 1. The van der Waals surface area contributed by atoms with Crippen LogP contribution < -0.4 is 4.90 Å². The largest absolute Gasteiger partial charge is 0.508 e. The SMILES string of the molecule is CC(C)[C@@H](C)[C@@H]1O[C@H]1[C@](C)(O)[C@H]1CC[C@@]2(O)C3=CC(=O)[C@@]45C[C@@H](O)[C@@H](O)[C@@H]6CC[C@@]3(CC[C@]12CCc1cc(O)cc(c1)N1CC[C@]2(C1=O)[C@@H](CO)CCC[C@H]2CSS[C@H]4O)[C@@]65C. The molecule has 5 heterocycles. The summed E-state index contributed by atoms with van der Waals surface area (Å²) >= 11 is 0. The van der Waals surface area contributed by atoms with E-state index in [-0.39, 0.29) is 54.3 Å². The molecule has 62 heavy (non-hydrogen) atoms. The predicted molar refractivity (Wildman–Crippen MR) is 238 cm³/mol. The molecule has 1 aromatic carbocycles. The van der Waals surface area contributed by atoms with E-state index in [1.54, 1.807) is 23.1 Å². The van der Waals surface area contributed by atoms with Gasteiger partial charge in [-0.3, -0.25) is 9.59 Å². The molecule has 8 bridgehead atoms. The van der Waals surface area contributed by atoms with Gasteiger partial charge in [0.1, 0.15) is 17.3 Å². The number of carbonyl (C=O) groups excluding carboxylic acids is 2. The highest BCUT2D eigenvalue weighted by Crippen LogP contribution is 2.82. The van der Waals surface area contributed by atoms with Crippen LogP contribution in [0.1, 0.15) is 117 Å². The summed E-state index contributed by atoms with van der Waals surface area (Å²) in [6.45, 7) is 10.7. The average Bonchev–Trinajstić information content (AvgIpc) is 3.78. The van der Waals surface area contributed by atoms with Gasteiger partial charge in [-0.05, 0) is 154 Å². The Morgan fingerprint density at radius 2 is 1.76 bits per heavy atom. The number of carbonyl (C=O) groups is 2. The van der Waals surface area contributed by atoms with Gasteiger partial charge < -0.3 is 45.4 Å². The number of hydrogen-bond donors (Lipinski definition) is 7. The number of aliphatic hydroxyl groups excluding tert-OH is 4. The van der Waals surface area contributed by atoms with Gasteiger partial charge in [-0.1, -0.05) is 55.7 Å². The van der Waals surface area contributed by atoms with Gasteiger partial charge in [-0.2, -0.15) is 0 Å². The Morgan fingerprint density at radius 1 is 0.984 bits per heavy atom. The molecule has 7 N–H and O–H groups in total. The number of nitrogens with zero attached hydrogens (tertiary/aromatic N) is 1. The van der Waals surface area contributed by atoms with Gasteiger partial charge in [0.05, 0.1) is 40.3 Å². The first-order valence-corrected chi connectivity index (χ1v) is 26.1. The quantitative estimate of drug-likeness (QED) is 0.137. The molecule has 11 aliphatic rings. The minimum absolute atomic E-state index is 0.0408. The highest BCUT2D eigenvalue weighted by Gasteiger charge is 2.82. The number of hydrogen-bond acceptors (Lipinski definition) is 12. The number of benzene rings is 1. The maximum absolute atomic E-state index is 15.5. The van der Waals surface area contributed by atoms with E-state index in [0.717, 1.165) is 24.8 Å². The van der Waals surface area contributed by atoms with Crippen molar-refractivity contribution in [2.45, 2.75) is 159 Å². The standard InChI is InChI=1S/C49H69NO10S2/c1-26(2)27(3)39-40(60-39)43(4,58)35-11-14-49(59)36-22-37(54)48-23-34(53)38(55)33-10-13-45(36,44(33,48)5)15-16-46(35,49)12-9-28-19-31(21-32(52)20-28)50-18-17-47(41(50)56)29(24-51)7-6-8-30(47)25-61-62-42(48)57/h19-22,26-27,29-30,33-35,38-40,42,51-53,55,57-59H,6-18,23-25H2,1-5H3/t27-,29-,30+,33+,34-,35-,38+,39+,40-,42-,43-,44-,45+,46-,47+,48+,49-/m1/s1. The highest BCUT2D eigenvalue weighted by atomic mass is 33.1. The van der Waals surface area contributed by atoms with Crippen molar-refractivity contribution in [2.75, 3.05) is 23.8 Å². The molecule has 0 radical (unpaired) electrons. The zero-order chi connectivity index (χ0) is 44.2. The zero-order valence-electron chi connectivity index (χ0n) is 37.1. The molecular formula is C49H69NO10S2. The van der Waals surface area contributed by atoms with E-state index in [1.807, 2.05) is 13.0 Å². The first-order valence-electron chi connectivity index (χ1n) is 23.8. The van der Waals surface area contributed by atoms with Crippen LogP contribution in [0.3, 0.4) is 0 Å². The summed E-state index contributed by atoms with van der Waals surface area (Å²) in [6.07, 6.45) is 5.46. The fraction of sp³-hybridized carbons (Fsp3) is 0.796. The molecule has 7 fully saturated rings. The summed E-state index contributed by atoms with van der Waals surface area (Å²) in [5.41, 5.74) is -7.05. The third kappa shape index (κ3) is 5.46. The molecule has 0 aromatic heterocycles. The molecule has 17 atom stereocenters. The van der Waals surface area contributed by atoms with Crippen LogP contribution in [0.5, 0.6) is 5.75 Å². The van der Waals surface area contributed by atoms with Crippen LogP contribution in [0, 0.1) is 62.6 Å². The molecular weight excluding hydrogens is 827 g/mol. The Hall–Kier alpha value is -1.68. The van der Waals surface area contributed by atoms with Crippen LogP contribution in [-0.2, 0) is 20.7 Å². The number of fused-ring (bicyclic) bond motifs is 2. The number of aryl methyl sites for hydroxylation is 1. The number of aromatic hydroxyl groups is 1. The van der Waals surface area contributed by atoms with E-state index in [0.29, 0.717) is 87.3 Å². The Morgan fingerprint density at radius 3 is 2.50 bits per heavy atom. The molecule has 342 valence electrons. The third-order valence-electron chi connectivity index (χ3n) is 20.4. The van der Waals surface area contributed by atoms with Crippen LogP contribution in [-0.4, -0.2) is 107 Å². The van der Waals surface area contributed by atoms with Gasteiger partial charge in [0.15, 0.2) is 5.78 Å². The number of aliphatic hydroxyl groups is 6. The number of allylic oxidation sites excluding steroid dienone is 1. The second-order valence-corrected chi connectivity index (χ2v) is 24.9. The molecule has 1 aromatic rings. The molecule has 13 heteroatoms. The van der Waals surface area contributed by atoms with Crippen molar-refractivity contribution in [3.8, 4) is 5.75 Å². The van der Waals surface area contributed by atoms with Crippen molar-refractivity contribution in [2.24, 2.45) is 62.6 Å². The van der Waals surface area contributed by atoms with Crippen molar-refractivity contribution < 1.29 is 50.1 Å². The average molecular weight is 896 g/mol. The van der Waals surface area contributed by atoms with Crippen molar-refractivity contribution in [1.29, 1.82) is 0 Å². The summed E-state index contributed by atoms with van der Waals surface area (Å²) in [5, 5.41) is 85.3. The fourth-order valence-electron chi connectivity index (χ4n) is 16.8. The van der Waals surface area contributed by atoms with Crippen LogP contribution in [0.15, 0.2) is 29.8 Å². The topological polar surface area (TPSA) is 192 Å². The Balaban J connectivity index is 1.15. The van der Waals surface area contributed by atoms with Gasteiger partial charge in [-0.25, -0.2) is 0 Å². The van der Waals surface area contributed by atoms with Crippen molar-refractivity contribution in [3.63, 3.8) is 0 Å². The van der Waals surface area contributed by atoms with Gasteiger partial charge >= 0.3 is 0 Å². The first-order chi connectivity index (χ1) is 29.3. The lowest BCUT2D eigenvalue weighted by atomic mass is 9.35. The third-order valence-corrected chi connectivity index (χ3v) is 23.0. The number of rotatable bonds is 5. The molecule has 11 nitrogen and oxygen atoms in total. The lowest BCUT2D eigenvalue weighted by Crippen LogP contribution is -2.73. The molecule has 5 aliphatic heterocycles. The molecule has 1 amide bonds. The Labute approximate surface area is 374 Å². The van der Waals surface area contributed by atoms with Crippen molar-refractivity contribution >= 4 is 39.0 Å².